The highest BCUT2D eigenvalue weighted by Gasteiger charge is 2.25. The smallest absolute Gasteiger partial charge is 0.360 e. The van der Waals surface area contributed by atoms with Crippen molar-refractivity contribution >= 4 is 22.6 Å². The maximum Gasteiger partial charge on any atom is 0.360 e. The van der Waals surface area contributed by atoms with Gasteiger partial charge in [-0.3, -0.25) is 4.79 Å². The summed E-state index contributed by atoms with van der Waals surface area (Å²) in [6.07, 6.45) is 5.33. The van der Waals surface area contributed by atoms with E-state index >= 15 is 0 Å². The summed E-state index contributed by atoms with van der Waals surface area (Å²) in [5.41, 5.74) is 2.58. The summed E-state index contributed by atoms with van der Waals surface area (Å²) >= 11 is 0. The number of ether oxygens (including phenoxy) is 4. The maximum atomic E-state index is 13.3. The second kappa shape index (κ2) is 13.7. The Labute approximate surface area is 262 Å². The van der Waals surface area contributed by atoms with Crippen LogP contribution in [0, 0.1) is 12.8 Å². The first-order valence-electron chi connectivity index (χ1n) is 15.6. The van der Waals surface area contributed by atoms with Gasteiger partial charge in [-0.15, -0.1) is 0 Å². The van der Waals surface area contributed by atoms with E-state index in [1.807, 2.05) is 43.3 Å². The number of rotatable bonds is 10. The van der Waals surface area contributed by atoms with E-state index in [9.17, 15) is 9.59 Å². The van der Waals surface area contributed by atoms with E-state index in [1.54, 1.807) is 38.5 Å². The van der Waals surface area contributed by atoms with Gasteiger partial charge in [0.15, 0.2) is 0 Å². The highest BCUT2D eigenvalue weighted by atomic mass is 16.5. The SMILES string of the molecule is COc1cccc(-c2cc(C(=O)Nc3cc4ccc(OC5CCC(NCC6CCOC6)CC5)c(C)c4oc3=O)ccc2OC)c1. The summed E-state index contributed by atoms with van der Waals surface area (Å²) in [7, 11) is 3.18. The van der Waals surface area contributed by atoms with Crippen LogP contribution in [-0.4, -0.2) is 52.0 Å². The average Bonchev–Trinajstić information content (AvgIpc) is 3.60. The van der Waals surface area contributed by atoms with E-state index < -0.39 is 11.5 Å². The van der Waals surface area contributed by atoms with Crippen LogP contribution in [0.1, 0.15) is 48.0 Å². The molecule has 1 saturated heterocycles. The maximum absolute atomic E-state index is 13.3. The molecule has 9 heteroatoms. The number of carbonyl (C=O) groups is 1. The van der Waals surface area contributed by atoms with Crippen LogP contribution in [-0.2, 0) is 4.74 Å². The molecule has 2 aliphatic rings. The first-order valence-corrected chi connectivity index (χ1v) is 15.6. The Hall–Kier alpha value is -4.34. The van der Waals surface area contributed by atoms with Crippen LogP contribution in [0.2, 0.25) is 0 Å². The molecule has 2 heterocycles. The van der Waals surface area contributed by atoms with Gasteiger partial charge in [-0.2, -0.15) is 0 Å². The average molecular weight is 613 g/mol. The largest absolute Gasteiger partial charge is 0.497 e. The molecular weight excluding hydrogens is 572 g/mol. The number of carbonyl (C=O) groups excluding carboxylic acids is 1. The Bertz CT molecular complexity index is 1720. The highest BCUT2D eigenvalue weighted by molar-refractivity contribution is 6.05. The van der Waals surface area contributed by atoms with Crippen LogP contribution in [0.3, 0.4) is 0 Å². The molecule has 1 aliphatic heterocycles. The zero-order valence-electron chi connectivity index (χ0n) is 26.0. The summed E-state index contributed by atoms with van der Waals surface area (Å²) < 4.78 is 28.5. The summed E-state index contributed by atoms with van der Waals surface area (Å²) in [4.78, 5) is 26.3. The van der Waals surface area contributed by atoms with Gasteiger partial charge in [0.05, 0.1) is 26.9 Å². The van der Waals surface area contributed by atoms with Crippen molar-refractivity contribution < 1.29 is 28.2 Å². The van der Waals surface area contributed by atoms with Gasteiger partial charge < -0.3 is 34.0 Å². The predicted octanol–water partition coefficient (Wildman–Crippen LogP) is 6.35. The predicted molar refractivity (Wildman–Crippen MR) is 174 cm³/mol. The molecule has 236 valence electrons. The molecule has 0 bridgehead atoms. The number of fused-ring (bicyclic) bond motifs is 1. The fourth-order valence-corrected chi connectivity index (χ4v) is 6.22. The molecule has 6 rings (SSSR count). The van der Waals surface area contributed by atoms with Crippen LogP contribution < -0.4 is 30.5 Å². The number of hydrogen-bond acceptors (Lipinski definition) is 8. The molecular formula is C36H40N2O7. The van der Waals surface area contributed by atoms with Gasteiger partial charge in [-0.1, -0.05) is 12.1 Å². The van der Waals surface area contributed by atoms with E-state index in [-0.39, 0.29) is 11.8 Å². The number of anilines is 1. The summed E-state index contributed by atoms with van der Waals surface area (Å²) in [5.74, 6) is 2.20. The van der Waals surface area contributed by atoms with Crippen molar-refractivity contribution in [2.45, 2.75) is 51.2 Å². The zero-order valence-corrected chi connectivity index (χ0v) is 26.0. The number of nitrogens with one attached hydrogen (secondary N) is 2. The summed E-state index contributed by atoms with van der Waals surface area (Å²) in [6.45, 7) is 4.66. The van der Waals surface area contributed by atoms with Crippen LogP contribution in [0.5, 0.6) is 17.2 Å². The quantitative estimate of drug-likeness (QED) is 0.200. The number of methoxy groups -OCH3 is 2. The van der Waals surface area contributed by atoms with E-state index in [4.69, 9.17) is 23.4 Å². The zero-order chi connectivity index (χ0) is 31.3. The molecule has 0 radical (unpaired) electrons. The summed E-state index contributed by atoms with van der Waals surface area (Å²) in [6, 6.07) is 18.6. The van der Waals surface area contributed by atoms with Gasteiger partial charge in [-0.05, 0) is 99.0 Å². The van der Waals surface area contributed by atoms with Crippen LogP contribution in [0.4, 0.5) is 5.69 Å². The number of hydrogen-bond donors (Lipinski definition) is 2. The lowest BCUT2D eigenvalue weighted by molar-refractivity contribution is 0.102. The molecule has 4 aromatic rings. The van der Waals surface area contributed by atoms with E-state index in [1.165, 1.54) is 0 Å². The van der Waals surface area contributed by atoms with Gasteiger partial charge >= 0.3 is 5.63 Å². The number of amides is 1. The van der Waals surface area contributed by atoms with E-state index in [0.29, 0.717) is 45.7 Å². The topological polar surface area (TPSA) is 108 Å². The van der Waals surface area contributed by atoms with Crippen LogP contribution in [0.15, 0.2) is 69.9 Å². The highest BCUT2D eigenvalue weighted by Crippen LogP contribution is 2.34. The summed E-state index contributed by atoms with van der Waals surface area (Å²) in [5, 5.41) is 7.15. The van der Waals surface area contributed by atoms with Crippen LogP contribution >= 0.6 is 0 Å². The molecule has 1 saturated carbocycles. The van der Waals surface area contributed by atoms with Gasteiger partial charge in [0.1, 0.15) is 28.5 Å². The van der Waals surface area contributed by atoms with Crippen molar-refractivity contribution in [3.8, 4) is 28.4 Å². The second-order valence-corrected chi connectivity index (χ2v) is 11.9. The molecule has 2 fully saturated rings. The molecule has 2 N–H and O–H groups in total. The Kier molecular flexibility index (Phi) is 9.37. The normalized spacial score (nSPS) is 19.8. The lowest BCUT2D eigenvalue weighted by atomic mass is 9.92. The standard InChI is InChI=1S/C36H40N2O7/c1-22-32(44-28-11-9-27(10-12-28)37-20-23-15-16-43-21-23)13-7-25-19-31(36(40)45-34(22)25)38-35(39)26-8-14-33(42-3)30(18-26)24-5-4-6-29(17-24)41-2/h4-8,13-14,17-19,23,27-28,37H,9-12,15-16,20-21H2,1-3H3,(H,38,39). The third-order valence-electron chi connectivity index (χ3n) is 8.88. The third kappa shape index (κ3) is 7.00. The third-order valence-corrected chi connectivity index (χ3v) is 8.88. The fourth-order valence-electron chi connectivity index (χ4n) is 6.22. The Morgan fingerprint density at radius 1 is 0.933 bits per heavy atom. The lowest BCUT2D eigenvalue weighted by Gasteiger charge is -2.30. The molecule has 1 atom stereocenters. The second-order valence-electron chi connectivity index (χ2n) is 11.9. The fraction of sp³-hybridized carbons (Fsp3) is 0.389. The van der Waals surface area contributed by atoms with Crippen molar-refractivity contribution in [1.82, 2.24) is 5.32 Å². The van der Waals surface area contributed by atoms with Crippen LogP contribution in [0.25, 0.3) is 22.1 Å². The van der Waals surface area contributed by atoms with Crippen molar-refractivity contribution in [3.63, 3.8) is 0 Å². The molecule has 9 nitrogen and oxygen atoms in total. The lowest BCUT2D eigenvalue weighted by Crippen LogP contribution is -2.38. The van der Waals surface area contributed by atoms with Gasteiger partial charge in [0.2, 0.25) is 0 Å². The van der Waals surface area contributed by atoms with Gasteiger partial charge in [0.25, 0.3) is 5.91 Å². The van der Waals surface area contributed by atoms with Gasteiger partial charge in [-0.25, -0.2) is 4.79 Å². The molecule has 1 aromatic heterocycles. The molecule has 45 heavy (non-hydrogen) atoms. The first kappa shape index (κ1) is 30.7. The van der Waals surface area contributed by atoms with Crippen molar-refractivity contribution in [2.75, 3.05) is 39.3 Å². The molecule has 0 spiro atoms. The Morgan fingerprint density at radius 3 is 2.51 bits per heavy atom. The van der Waals surface area contributed by atoms with E-state index in [0.717, 1.165) is 68.6 Å². The molecule has 3 aromatic carbocycles. The molecule has 1 amide bonds. The molecule has 1 unspecified atom stereocenters. The minimum atomic E-state index is -0.628. The van der Waals surface area contributed by atoms with Gasteiger partial charge in [0, 0.05) is 41.3 Å². The molecule has 1 aliphatic carbocycles. The number of benzene rings is 3. The first-order chi connectivity index (χ1) is 21.9. The Balaban J connectivity index is 1.13. The minimum absolute atomic E-state index is 0.0642. The van der Waals surface area contributed by atoms with Crippen molar-refractivity contribution in [3.05, 3.63) is 82.2 Å². The minimum Gasteiger partial charge on any atom is -0.497 e. The Morgan fingerprint density at radius 2 is 1.76 bits per heavy atom. The monoisotopic (exact) mass is 612 g/mol. The number of aryl methyl sites for hydroxylation is 1. The van der Waals surface area contributed by atoms with E-state index in [2.05, 4.69) is 10.6 Å². The van der Waals surface area contributed by atoms with Crippen molar-refractivity contribution in [2.24, 2.45) is 5.92 Å². The van der Waals surface area contributed by atoms with Crippen molar-refractivity contribution in [1.29, 1.82) is 0 Å².